The van der Waals surface area contributed by atoms with Crippen LogP contribution in [0.1, 0.15) is 15.9 Å². The summed E-state index contributed by atoms with van der Waals surface area (Å²) in [6, 6.07) is 7.00. The predicted molar refractivity (Wildman–Crippen MR) is 78.9 cm³/mol. The molecule has 0 atom stereocenters. The number of hydrazine groups is 1. The number of nitrogens with two attached hydrogens (primary N) is 1. The largest absolute Gasteiger partial charge is 0.389 e. The molecule has 1 heterocycles. The fourth-order valence-electron chi connectivity index (χ4n) is 1.91. The smallest absolute Gasteiger partial charge is 0.265 e. The first-order valence-corrected chi connectivity index (χ1v) is 6.61. The summed E-state index contributed by atoms with van der Waals surface area (Å²) >= 11 is 4.88. The lowest BCUT2D eigenvalue weighted by atomic mass is 10.1. The van der Waals surface area contributed by atoms with Crippen molar-refractivity contribution in [3.63, 3.8) is 0 Å². The topological polar surface area (TPSA) is 61.6 Å². The Balaban J connectivity index is 1.94. The standard InChI is InChI=1S/C13H18N4OS/c1-16-6-8-17(9-7-16)15-13(18)11-4-2-10(3-5-11)12(14)19/h2-5H,6-9H2,1H3,(H2,14,19)(H,15,18). The van der Waals surface area contributed by atoms with Gasteiger partial charge in [-0.3, -0.25) is 10.2 Å². The summed E-state index contributed by atoms with van der Waals surface area (Å²) in [5.41, 5.74) is 9.81. The molecule has 6 heteroatoms. The van der Waals surface area contributed by atoms with Crippen molar-refractivity contribution >= 4 is 23.1 Å². The number of piperazine rings is 1. The molecule has 1 aliphatic heterocycles. The molecule has 1 saturated heterocycles. The molecule has 0 aromatic heterocycles. The average Bonchev–Trinajstić information content (AvgIpc) is 2.41. The number of carbonyl (C=O) groups is 1. The van der Waals surface area contributed by atoms with E-state index >= 15 is 0 Å². The van der Waals surface area contributed by atoms with E-state index in [2.05, 4.69) is 17.4 Å². The molecule has 0 saturated carbocycles. The summed E-state index contributed by atoms with van der Waals surface area (Å²) in [5.74, 6) is -0.0981. The molecule has 1 fully saturated rings. The quantitative estimate of drug-likeness (QED) is 0.774. The Hall–Kier alpha value is -1.50. The number of nitrogens with one attached hydrogen (secondary N) is 1. The normalized spacial score (nSPS) is 17.1. The maximum absolute atomic E-state index is 12.0. The number of amides is 1. The zero-order chi connectivity index (χ0) is 13.8. The van der Waals surface area contributed by atoms with Gasteiger partial charge < -0.3 is 10.6 Å². The van der Waals surface area contributed by atoms with Crippen LogP contribution in [0.2, 0.25) is 0 Å². The van der Waals surface area contributed by atoms with Gasteiger partial charge in [-0.2, -0.15) is 0 Å². The van der Waals surface area contributed by atoms with Gasteiger partial charge in [0.15, 0.2) is 0 Å². The molecule has 5 nitrogen and oxygen atoms in total. The summed E-state index contributed by atoms with van der Waals surface area (Å²) < 4.78 is 0. The fraction of sp³-hybridized carbons (Fsp3) is 0.385. The third-order valence-corrected chi connectivity index (χ3v) is 3.43. The first kappa shape index (κ1) is 13.9. The Morgan fingerprint density at radius 2 is 1.68 bits per heavy atom. The summed E-state index contributed by atoms with van der Waals surface area (Å²) in [6.45, 7) is 3.60. The van der Waals surface area contributed by atoms with E-state index < -0.39 is 0 Å². The number of hydrogen-bond donors (Lipinski definition) is 2. The van der Waals surface area contributed by atoms with Gasteiger partial charge in [0, 0.05) is 37.3 Å². The van der Waals surface area contributed by atoms with Crippen molar-refractivity contribution in [2.45, 2.75) is 0 Å². The van der Waals surface area contributed by atoms with Crippen molar-refractivity contribution in [1.82, 2.24) is 15.3 Å². The Morgan fingerprint density at radius 3 is 2.21 bits per heavy atom. The minimum absolute atomic E-state index is 0.0981. The molecule has 19 heavy (non-hydrogen) atoms. The molecule has 0 radical (unpaired) electrons. The van der Waals surface area contributed by atoms with Crippen LogP contribution in [-0.2, 0) is 0 Å². The lowest BCUT2D eigenvalue weighted by Crippen LogP contribution is -2.52. The van der Waals surface area contributed by atoms with Crippen LogP contribution in [0.4, 0.5) is 0 Å². The second kappa shape index (κ2) is 6.10. The lowest BCUT2D eigenvalue weighted by molar-refractivity contribution is 0.0662. The van der Waals surface area contributed by atoms with Crippen molar-refractivity contribution in [1.29, 1.82) is 0 Å². The number of nitrogens with zero attached hydrogens (tertiary/aromatic N) is 2. The molecular formula is C13H18N4OS. The van der Waals surface area contributed by atoms with Gasteiger partial charge in [0.05, 0.1) is 0 Å². The monoisotopic (exact) mass is 278 g/mol. The SMILES string of the molecule is CN1CCN(NC(=O)c2ccc(C(N)=S)cc2)CC1. The number of carbonyl (C=O) groups excluding carboxylic acids is 1. The molecule has 102 valence electrons. The molecule has 3 N–H and O–H groups in total. The Morgan fingerprint density at radius 1 is 1.16 bits per heavy atom. The second-order valence-corrected chi connectivity index (χ2v) is 5.11. The van der Waals surface area contributed by atoms with Gasteiger partial charge >= 0.3 is 0 Å². The van der Waals surface area contributed by atoms with Gasteiger partial charge in [-0.1, -0.05) is 24.4 Å². The highest BCUT2D eigenvalue weighted by molar-refractivity contribution is 7.80. The first-order chi connectivity index (χ1) is 9.06. The molecule has 0 aliphatic carbocycles. The van der Waals surface area contributed by atoms with E-state index in [1.54, 1.807) is 24.3 Å². The van der Waals surface area contributed by atoms with Crippen LogP contribution in [0.15, 0.2) is 24.3 Å². The number of benzene rings is 1. The molecule has 1 amide bonds. The highest BCUT2D eigenvalue weighted by atomic mass is 32.1. The van der Waals surface area contributed by atoms with Crippen LogP contribution in [0.5, 0.6) is 0 Å². The van der Waals surface area contributed by atoms with Crippen LogP contribution < -0.4 is 11.2 Å². The number of thiocarbonyl (C=S) groups is 1. The Kier molecular flexibility index (Phi) is 4.47. The van der Waals surface area contributed by atoms with Crippen LogP contribution in [-0.4, -0.2) is 54.0 Å². The minimum Gasteiger partial charge on any atom is -0.389 e. The van der Waals surface area contributed by atoms with Crippen molar-refractivity contribution in [2.75, 3.05) is 33.2 Å². The van der Waals surface area contributed by atoms with Crippen molar-refractivity contribution in [2.24, 2.45) is 5.73 Å². The first-order valence-electron chi connectivity index (χ1n) is 6.20. The van der Waals surface area contributed by atoms with Gasteiger partial charge in [0.1, 0.15) is 4.99 Å². The van der Waals surface area contributed by atoms with Gasteiger partial charge in [0.2, 0.25) is 0 Å². The van der Waals surface area contributed by atoms with Crippen LogP contribution >= 0.6 is 12.2 Å². The number of likely N-dealkylation sites (N-methyl/N-ethyl adjacent to an activating group) is 1. The van der Waals surface area contributed by atoms with Gasteiger partial charge in [-0.05, 0) is 19.2 Å². The third kappa shape index (κ3) is 3.73. The van der Waals surface area contributed by atoms with Crippen LogP contribution in [0.3, 0.4) is 0 Å². The molecule has 1 aromatic carbocycles. The zero-order valence-electron chi connectivity index (χ0n) is 10.9. The maximum Gasteiger partial charge on any atom is 0.265 e. The van der Waals surface area contributed by atoms with Crippen molar-refractivity contribution < 1.29 is 4.79 Å². The van der Waals surface area contributed by atoms with Gasteiger partial charge in [0.25, 0.3) is 5.91 Å². The molecule has 0 unspecified atom stereocenters. The van der Waals surface area contributed by atoms with Crippen LogP contribution in [0, 0.1) is 0 Å². The zero-order valence-corrected chi connectivity index (χ0v) is 11.7. The summed E-state index contributed by atoms with van der Waals surface area (Å²) in [5, 5.41) is 1.95. The van der Waals surface area contributed by atoms with E-state index in [1.165, 1.54) is 0 Å². The molecule has 0 bridgehead atoms. The van der Waals surface area contributed by atoms with E-state index in [-0.39, 0.29) is 5.91 Å². The van der Waals surface area contributed by atoms with E-state index in [0.717, 1.165) is 31.7 Å². The van der Waals surface area contributed by atoms with E-state index in [1.807, 2.05) is 5.01 Å². The average molecular weight is 278 g/mol. The van der Waals surface area contributed by atoms with E-state index in [9.17, 15) is 4.79 Å². The van der Waals surface area contributed by atoms with E-state index in [4.69, 9.17) is 18.0 Å². The number of rotatable bonds is 3. The summed E-state index contributed by atoms with van der Waals surface area (Å²) in [4.78, 5) is 14.6. The Bertz CT molecular complexity index is 466. The molecule has 1 aromatic rings. The van der Waals surface area contributed by atoms with Crippen molar-refractivity contribution in [3.8, 4) is 0 Å². The minimum atomic E-state index is -0.0981. The number of hydrogen-bond acceptors (Lipinski definition) is 4. The Labute approximate surface area is 118 Å². The van der Waals surface area contributed by atoms with Gasteiger partial charge in [-0.25, -0.2) is 5.01 Å². The highest BCUT2D eigenvalue weighted by Crippen LogP contribution is 2.05. The molecule has 2 rings (SSSR count). The molecular weight excluding hydrogens is 260 g/mol. The van der Waals surface area contributed by atoms with E-state index in [0.29, 0.717) is 10.6 Å². The predicted octanol–water partition coefficient (Wildman–Crippen LogP) is 0.213. The maximum atomic E-state index is 12.0. The van der Waals surface area contributed by atoms with Crippen LogP contribution in [0.25, 0.3) is 0 Å². The van der Waals surface area contributed by atoms with Crippen molar-refractivity contribution in [3.05, 3.63) is 35.4 Å². The summed E-state index contributed by atoms with van der Waals surface area (Å²) in [7, 11) is 2.08. The molecule has 1 aliphatic rings. The fourth-order valence-corrected chi connectivity index (χ4v) is 2.05. The van der Waals surface area contributed by atoms with Gasteiger partial charge in [-0.15, -0.1) is 0 Å². The lowest BCUT2D eigenvalue weighted by Gasteiger charge is -2.32. The molecule has 0 spiro atoms. The third-order valence-electron chi connectivity index (χ3n) is 3.19. The summed E-state index contributed by atoms with van der Waals surface area (Å²) in [6.07, 6.45) is 0. The second-order valence-electron chi connectivity index (χ2n) is 4.67. The highest BCUT2D eigenvalue weighted by Gasteiger charge is 2.16.